The number of rotatable bonds is 6. The first kappa shape index (κ1) is 27.3. The van der Waals surface area contributed by atoms with E-state index in [1.165, 1.54) is 12.1 Å². The minimum absolute atomic E-state index is 0.248. The lowest BCUT2D eigenvalue weighted by molar-refractivity contribution is -0.137. The first-order valence-corrected chi connectivity index (χ1v) is 12.5. The van der Waals surface area contributed by atoms with Crippen LogP contribution in [0.4, 0.5) is 27.6 Å². The van der Waals surface area contributed by atoms with Gasteiger partial charge in [0.25, 0.3) is 0 Å². The average Bonchev–Trinajstić information content (AvgIpc) is 2.91. The molecule has 1 saturated heterocycles. The number of hydrogen-bond acceptors (Lipinski definition) is 4. The Morgan fingerprint density at radius 3 is 2.10 bits per heavy atom. The van der Waals surface area contributed by atoms with Gasteiger partial charge in [-0.1, -0.05) is 42.5 Å². The highest BCUT2D eigenvalue weighted by molar-refractivity contribution is 5.94. The molecule has 1 aromatic heterocycles. The minimum atomic E-state index is -4.55. The van der Waals surface area contributed by atoms with Crippen LogP contribution in [0.15, 0.2) is 71.7 Å². The van der Waals surface area contributed by atoms with Crippen molar-refractivity contribution in [1.82, 2.24) is 9.47 Å². The Morgan fingerprint density at radius 1 is 0.875 bits per heavy atom. The van der Waals surface area contributed by atoms with E-state index in [1.807, 2.05) is 30.3 Å². The van der Waals surface area contributed by atoms with E-state index in [0.717, 1.165) is 34.5 Å². The van der Waals surface area contributed by atoms with Gasteiger partial charge in [0.15, 0.2) is 5.82 Å². The predicted octanol–water partition coefficient (Wildman–Crippen LogP) is 5.37. The fourth-order valence-electron chi connectivity index (χ4n) is 5.01. The molecule has 0 radical (unpaired) electrons. The summed E-state index contributed by atoms with van der Waals surface area (Å²) in [5.74, 6) is -3.62. The molecule has 0 bridgehead atoms. The van der Waals surface area contributed by atoms with Crippen molar-refractivity contribution in [2.24, 2.45) is 0 Å². The number of hydrogen-bond donors (Lipinski definition) is 1. The van der Waals surface area contributed by atoms with E-state index >= 15 is 8.78 Å². The molecule has 6 nitrogen and oxygen atoms in total. The predicted molar refractivity (Wildman–Crippen MR) is 140 cm³/mol. The third-order valence-corrected chi connectivity index (χ3v) is 7.03. The molecule has 1 aliphatic rings. The second-order valence-corrected chi connectivity index (χ2v) is 9.67. The summed E-state index contributed by atoms with van der Waals surface area (Å²) in [6, 6.07) is 14.7. The average molecular weight is 558 g/mol. The molecule has 5 rings (SSSR count). The Balaban J connectivity index is 1.51. The maximum absolute atomic E-state index is 16.1. The summed E-state index contributed by atoms with van der Waals surface area (Å²) in [4.78, 5) is 28.3. The van der Waals surface area contributed by atoms with E-state index < -0.39 is 45.7 Å². The maximum Gasteiger partial charge on any atom is 0.416 e. The van der Waals surface area contributed by atoms with E-state index in [1.54, 1.807) is 4.90 Å². The zero-order valence-corrected chi connectivity index (χ0v) is 21.1. The summed E-state index contributed by atoms with van der Waals surface area (Å²) in [5, 5.41) is 9.07. The van der Waals surface area contributed by atoms with E-state index in [-0.39, 0.29) is 17.7 Å². The number of carboxylic acids is 1. The van der Waals surface area contributed by atoms with E-state index in [0.29, 0.717) is 38.3 Å². The van der Waals surface area contributed by atoms with Crippen molar-refractivity contribution in [3.05, 3.63) is 111 Å². The van der Waals surface area contributed by atoms with Crippen molar-refractivity contribution in [2.45, 2.75) is 19.3 Å². The molecular formula is C29H24F5N3O3. The van der Waals surface area contributed by atoms with Gasteiger partial charge in [0.2, 0.25) is 5.43 Å². The molecule has 0 unspecified atom stereocenters. The van der Waals surface area contributed by atoms with Gasteiger partial charge in [0.1, 0.15) is 17.1 Å². The van der Waals surface area contributed by atoms with Crippen LogP contribution < -0.4 is 10.3 Å². The lowest BCUT2D eigenvalue weighted by atomic mass is 10.1. The largest absolute Gasteiger partial charge is 0.477 e. The summed E-state index contributed by atoms with van der Waals surface area (Å²) in [6.07, 6.45) is -3.62. The van der Waals surface area contributed by atoms with Gasteiger partial charge in [-0.25, -0.2) is 13.6 Å². The lowest BCUT2D eigenvalue weighted by Gasteiger charge is -2.36. The Labute approximate surface area is 225 Å². The number of anilines is 1. The highest BCUT2D eigenvalue weighted by Crippen LogP contribution is 2.32. The minimum Gasteiger partial charge on any atom is -0.477 e. The number of piperazine rings is 1. The van der Waals surface area contributed by atoms with Crippen molar-refractivity contribution < 1.29 is 31.9 Å². The third kappa shape index (κ3) is 5.42. The number of aromatic nitrogens is 1. The smallest absolute Gasteiger partial charge is 0.416 e. The number of carboxylic acid groups (broad SMARTS) is 1. The molecular weight excluding hydrogens is 533 g/mol. The fraction of sp³-hybridized carbons (Fsp3) is 0.241. The van der Waals surface area contributed by atoms with Gasteiger partial charge >= 0.3 is 12.1 Å². The molecule has 208 valence electrons. The summed E-state index contributed by atoms with van der Waals surface area (Å²) >= 11 is 0. The number of alkyl halides is 3. The SMILES string of the molecule is O=C(O)c1cn(Cc2ccc(C(F)(F)F)cc2)c2c(F)c(N3CCN(Cc4ccccc4)CC3)c(F)cc2c1=O. The van der Waals surface area contributed by atoms with Gasteiger partial charge in [-0.05, 0) is 29.3 Å². The van der Waals surface area contributed by atoms with Crippen LogP contribution in [0.3, 0.4) is 0 Å². The third-order valence-electron chi connectivity index (χ3n) is 7.03. The number of halogens is 5. The summed E-state index contributed by atoms with van der Waals surface area (Å²) in [7, 11) is 0. The van der Waals surface area contributed by atoms with Gasteiger partial charge < -0.3 is 14.6 Å². The first-order valence-electron chi connectivity index (χ1n) is 12.5. The first-order chi connectivity index (χ1) is 19.0. The van der Waals surface area contributed by atoms with Crippen LogP contribution in [0.2, 0.25) is 0 Å². The molecule has 4 aromatic rings. The van der Waals surface area contributed by atoms with Crippen molar-refractivity contribution >= 4 is 22.6 Å². The molecule has 0 spiro atoms. The number of aromatic carboxylic acids is 1. The van der Waals surface area contributed by atoms with Crippen molar-refractivity contribution in [3.8, 4) is 0 Å². The second kappa shape index (κ2) is 10.7. The van der Waals surface area contributed by atoms with Crippen molar-refractivity contribution in [2.75, 3.05) is 31.1 Å². The number of pyridine rings is 1. The molecule has 1 fully saturated rings. The Kier molecular flexibility index (Phi) is 7.33. The molecule has 0 atom stereocenters. The number of carbonyl (C=O) groups is 1. The maximum atomic E-state index is 16.1. The van der Waals surface area contributed by atoms with Crippen LogP contribution in [0, 0.1) is 11.6 Å². The summed E-state index contributed by atoms with van der Waals surface area (Å²) in [6.45, 7) is 2.11. The lowest BCUT2D eigenvalue weighted by Crippen LogP contribution is -2.46. The normalized spacial score (nSPS) is 14.6. The number of fused-ring (bicyclic) bond motifs is 1. The van der Waals surface area contributed by atoms with E-state index in [2.05, 4.69) is 4.90 Å². The van der Waals surface area contributed by atoms with Crippen LogP contribution in [0.25, 0.3) is 10.9 Å². The van der Waals surface area contributed by atoms with Gasteiger partial charge in [0, 0.05) is 45.5 Å². The van der Waals surface area contributed by atoms with Gasteiger partial charge in [-0.15, -0.1) is 0 Å². The molecule has 0 saturated carbocycles. The zero-order chi connectivity index (χ0) is 28.6. The van der Waals surface area contributed by atoms with Gasteiger partial charge in [-0.2, -0.15) is 13.2 Å². The monoisotopic (exact) mass is 557 g/mol. The Bertz CT molecular complexity index is 1610. The topological polar surface area (TPSA) is 65.8 Å². The van der Waals surface area contributed by atoms with Crippen LogP contribution in [-0.2, 0) is 19.3 Å². The van der Waals surface area contributed by atoms with Crippen LogP contribution in [-0.4, -0.2) is 46.7 Å². The summed E-state index contributed by atoms with van der Waals surface area (Å²) in [5.41, 5.74) is -1.89. The highest BCUT2D eigenvalue weighted by atomic mass is 19.4. The molecule has 0 aliphatic carbocycles. The van der Waals surface area contributed by atoms with Crippen LogP contribution in [0.1, 0.15) is 27.0 Å². The van der Waals surface area contributed by atoms with E-state index in [9.17, 15) is 27.9 Å². The highest BCUT2D eigenvalue weighted by Gasteiger charge is 2.30. The quantitative estimate of drug-likeness (QED) is 0.323. The van der Waals surface area contributed by atoms with E-state index in [4.69, 9.17) is 0 Å². The molecule has 0 amide bonds. The Morgan fingerprint density at radius 2 is 1.50 bits per heavy atom. The molecule has 40 heavy (non-hydrogen) atoms. The second-order valence-electron chi connectivity index (χ2n) is 9.67. The van der Waals surface area contributed by atoms with Crippen molar-refractivity contribution in [1.29, 1.82) is 0 Å². The standard InChI is InChI=1S/C29H24F5N3O3/c30-23-14-21-25(24(31)26(23)36-12-10-35(11-13-36)15-18-4-2-1-3-5-18)37(17-22(27(21)38)28(39)40)16-19-6-8-20(9-7-19)29(32,33)34/h1-9,14,17H,10-13,15-16H2,(H,39,40). The summed E-state index contributed by atoms with van der Waals surface area (Å²) < 4.78 is 71.5. The van der Waals surface area contributed by atoms with Crippen LogP contribution >= 0.6 is 0 Å². The van der Waals surface area contributed by atoms with Crippen molar-refractivity contribution in [3.63, 3.8) is 0 Å². The number of nitrogens with zero attached hydrogens (tertiary/aromatic N) is 3. The molecule has 3 aromatic carbocycles. The van der Waals surface area contributed by atoms with Crippen LogP contribution in [0.5, 0.6) is 0 Å². The Hall–Kier alpha value is -4.25. The molecule has 11 heteroatoms. The molecule has 1 N–H and O–H groups in total. The van der Waals surface area contributed by atoms with Gasteiger partial charge in [-0.3, -0.25) is 9.69 Å². The number of benzene rings is 3. The zero-order valence-electron chi connectivity index (χ0n) is 21.1. The molecule has 1 aliphatic heterocycles. The molecule has 2 heterocycles. The fourth-order valence-corrected chi connectivity index (χ4v) is 5.01. The van der Waals surface area contributed by atoms with Gasteiger partial charge in [0.05, 0.1) is 16.5 Å².